The highest BCUT2D eigenvalue weighted by Crippen LogP contribution is 2.47. The first kappa shape index (κ1) is 17.1. The van der Waals surface area contributed by atoms with Crippen molar-refractivity contribution in [3.8, 4) is 0 Å². The summed E-state index contributed by atoms with van der Waals surface area (Å²) in [4.78, 5) is 0. The van der Waals surface area contributed by atoms with E-state index < -0.39 is 0 Å². The third kappa shape index (κ3) is 2.98. The molecule has 0 saturated heterocycles. The number of nitrogen functional groups attached to an aromatic ring is 2. The van der Waals surface area contributed by atoms with Crippen LogP contribution >= 0.6 is 46.4 Å². The molecule has 0 unspecified atom stereocenters. The summed E-state index contributed by atoms with van der Waals surface area (Å²) in [5.41, 5.74) is 15.4. The van der Waals surface area contributed by atoms with Crippen molar-refractivity contribution in [2.45, 2.75) is 0 Å². The van der Waals surface area contributed by atoms with Crippen LogP contribution in [0.3, 0.4) is 0 Å². The summed E-state index contributed by atoms with van der Waals surface area (Å²) in [7, 11) is 0. The lowest BCUT2D eigenvalue weighted by atomic mass is 9.88. The number of allylic oxidation sites excluding steroid dienone is 4. The minimum absolute atomic E-state index is 0.0721. The van der Waals surface area contributed by atoms with Gasteiger partial charge in [0.15, 0.2) is 24.8 Å². The van der Waals surface area contributed by atoms with Gasteiger partial charge in [0.2, 0.25) is 0 Å². The molecule has 24 heavy (non-hydrogen) atoms. The van der Waals surface area contributed by atoms with Crippen LogP contribution in [0.1, 0.15) is 0 Å². The largest absolute Gasteiger partial charge is 0.398 e. The van der Waals surface area contributed by atoms with Crippen molar-refractivity contribution in [3.63, 3.8) is 0 Å². The van der Waals surface area contributed by atoms with Gasteiger partial charge in [0.25, 0.3) is 11.4 Å². The Kier molecular flexibility index (Phi) is 4.74. The highest BCUT2D eigenvalue weighted by Gasteiger charge is 2.48. The van der Waals surface area contributed by atoms with E-state index in [0.717, 1.165) is 11.4 Å². The monoisotopic (exact) mass is 400 g/mol. The zero-order chi connectivity index (χ0) is 17.4. The van der Waals surface area contributed by atoms with E-state index in [1.807, 2.05) is 9.13 Å². The third-order valence-corrected chi connectivity index (χ3v) is 4.31. The van der Waals surface area contributed by atoms with Crippen LogP contribution in [0.15, 0.2) is 69.2 Å². The van der Waals surface area contributed by atoms with Gasteiger partial charge in [-0.05, 0) is 0 Å². The Hall–Kier alpha value is -1.72. The first-order chi connectivity index (χ1) is 11.4. The maximum Gasteiger partial charge on any atom is 0.294 e. The van der Waals surface area contributed by atoms with Gasteiger partial charge in [-0.3, -0.25) is 0 Å². The van der Waals surface area contributed by atoms with Crippen molar-refractivity contribution >= 4 is 69.2 Å². The fourth-order valence-corrected chi connectivity index (χ4v) is 3.19. The van der Waals surface area contributed by atoms with Crippen LogP contribution in [0, 0.1) is 0 Å². The average Bonchev–Trinajstić information content (AvgIpc) is 2.49. The summed E-state index contributed by atoms with van der Waals surface area (Å²) in [6, 6.07) is 7.06. The van der Waals surface area contributed by atoms with Crippen molar-refractivity contribution in [2.75, 3.05) is 11.5 Å². The lowest BCUT2D eigenvalue weighted by Gasteiger charge is -2.21. The standard InChI is InChI=1S/C16H10Cl4N4/c17-15(18)11-12(16(19)20)14(24-7-3-10(22)4-8-24)13(11)23-5-1-9(21)2-6-23/h1-8,21-22H/p+2. The molecule has 1 aliphatic rings. The topological polar surface area (TPSA) is 59.8 Å². The second-order valence-corrected chi connectivity index (χ2v) is 6.94. The predicted octanol–water partition coefficient (Wildman–Crippen LogP) is 3.64. The first-order valence-corrected chi connectivity index (χ1v) is 8.31. The van der Waals surface area contributed by atoms with Gasteiger partial charge in [0.05, 0.1) is 0 Å². The predicted molar refractivity (Wildman–Crippen MR) is 99.0 cm³/mol. The average molecular weight is 402 g/mol. The van der Waals surface area contributed by atoms with Gasteiger partial charge in [-0.2, -0.15) is 9.13 Å². The van der Waals surface area contributed by atoms with Crippen LogP contribution in [-0.2, 0) is 0 Å². The van der Waals surface area contributed by atoms with Gasteiger partial charge in [0.1, 0.15) is 20.1 Å². The number of nitrogens with two attached hydrogens (primary N) is 2. The second-order valence-electron chi connectivity index (χ2n) is 5.05. The minimum Gasteiger partial charge on any atom is -0.398 e. The molecule has 0 aromatic carbocycles. The van der Waals surface area contributed by atoms with Gasteiger partial charge < -0.3 is 11.5 Å². The number of hydrogen-bond acceptors (Lipinski definition) is 2. The number of pyridine rings is 2. The van der Waals surface area contributed by atoms with Crippen molar-refractivity contribution in [1.29, 1.82) is 0 Å². The van der Waals surface area contributed by atoms with Crippen LogP contribution in [0.4, 0.5) is 11.4 Å². The second kappa shape index (κ2) is 6.65. The third-order valence-electron chi connectivity index (χ3n) is 3.55. The van der Waals surface area contributed by atoms with Gasteiger partial charge >= 0.3 is 0 Å². The van der Waals surface area contributed by atoms with Crippen molar-refractivity contribution in [3.05, 3.63) is 69.2 Å². The van der Waals surface area contributed by atoms with Crippen molar-refractivity contribution in [2.24, 2.45) is 0 Å². The molecule has 0 spiro atoms. The lowest BCUT2D eigenvalue weighted by molar-refractivity contribution is -0.611. The van der Waals surface area contributed by atoms with Crippen LogP contribution in [-0.4, -0.2) is 0 Å². The molecule has 8 heteroatoms. The molecule has 122 valence electrons. The van der Waals surface area contributed by atoms with E-state index in [1.54, 1.807) is 49.1 Å². The fraction of sp³-hybridized carbons (Fsp3) is 0. The summed E-state index contributed by atoms with van der Waals surface area (Å²) >= 11 is 24.3. The Balaban J connectivity index is 2.31. The molecule has 0 atom stereocenters. The molecule has 0 radical (unpaired) electrons. The fourth-order valence-electron chi connectivity index (χ4n) is 2.46. The van der Waals surface area contributed by atoms with Gasteiger partial charge in [0, 0.05) is 35.6 Å². The Morgan fingerprint density at radius 3 is 1.17 bits per heavy atom. The minimum atomic E-state index is 0.0721. The van der Waals surface area contributed by atoms with Crippen LogP contribution < -0.4 is 20.6 Å². The van der Waals surface area contributed by atoms with Gasteiger partial charge in [-0.1, -0.05) is 46.4 Å². The zero-order valence-electron chi connectivity index (χ0n) is 12.2. The lowest BCUT2D eigenvalue weighted by Crippen LogP contribution is -2.47. The highest BCUT2D eigenvalue weighted by molar-refractivity contribution is 6.60. The number of halogens is 4. The highest BCUT2D eigenvalue weighted by atomic mass is 35.5. The van der Waals surface area contributed by atoms with Crippen LogP contribution in [0.25, 0.3) is 11.4 Å². The molecule has 2 aromatic rings. The number of rotatable bonds is 2. The van der Waals surface area contributed by atoms with Crippen LogP contribution in [0.2, 0.25) is 0 Å². The maximum absolute atomic E-state index is 6.06. The number of anilines is 2. The Labute approximate surface area is 158 Å². The zero-order valence-corrected chi connectivity index (χ0v) is 15.2. The summed E-state index contributed by atoms with van der Waals surface area (Å²) in [5, 5.41) is 0. The molecule has 0 fully saturated rings. The van der Waals surface area contributed by atoms with Crippen molar-refractivity contribution < 1.29 is 9.13 Å². The van der Waals surface area contributed by atoms with E-state index in [9.17, 15) is 0 Å². The van der Waals surface area contributed by atoms with E-state index >= 15 is 0 Å². The number of aromatic nitrogens is 2. The van der Waals surface area contributed by atoms with E-state index in [2.05, 4.69) is 0 Å². The Bertz CT molecular complexity index is 813. The molecular formula is C16H12Cl4N4+2. The van der Waals surface area contributed by atoms with E-state index in [4.69, 9.17) is 57.9 Å². The molecule has 2 aromatic heterocycles. The van der Waals surface area contributed by atoms with Crippen LogP contribution in [0.5, 0.6) is 0 Å². The van der Waals surface area contributed by atoms with Gasteiger partial charge in [-0.15, -0.1) is 0 Å². The molecule has 2 heterocycles. The molecule has 1 aliphatic carbocycles. The van der Waals surface area contributed by atoms with E-state index in [-0.39, 0.29) is 8.98 Å². The smallest absolute Gasteiger partial charge is 0.294 e. The Morgan fingerprint density at radius 2 is 0.917 bits per heavy atom. The van der Waals surface area contributed by atoms with Crippen molar-refractivity contribution in [1.82, 2.24) is 0 Å². The molecule has 0 saturated carbocycles. The normalized spacial score (nSPS) is 13.8. The maximum atomic E-state index is 6.06. The van der Waals surface area contributed by atoms with Gasteiger partial charge in [-0.25, -0.2) is 0 Å². The molecule has 0 bridgehead atoms. The van der Waals surface area contributed by atoms with E-state index in [0.29, 0.717) is 22.5 Å². The summed E-state index contributed by atoms with van der Waals surface area (Å²) in [5.74, 6) is 0. The quantitative estimate of drug-likeness (QED) is 0.754. The van der Waals surface area contributed by atoms with E-state index in [1.165, 1.54) is 0 Å². The SMILES string of the molecule is Nc1cc[n+](C2=C([n+]3ccc(N)cc3)C(=C(Cl)Cl)C2=C(Cl)Cl)cc1. The molecule has 4 N–H and O–H groups in total. The Morgan fingerprint density at radius 1 is 0.625 bits per heavy atom. The molecule has 3 rings (SSSR count). The summed E-state index contributed by atoms with van der Waals surface area (Å²) in [6.07, 6.45) is 7.21. The number of hydrogen-bond donors (Lipinski definition) is 2. The summed E-state index contributed by atoms with van der Waals surface area (Å²) < 4.78 is 3.83. The molecule has 0 aliphatic heterocycles. The number of nitrogens with zero attached hydrogens (tertiary/aromatic N) is 2. The first-order valence-electron chi connectivity index (χ1n) is 6.80. The molecule has 4 nitrogen and oxygen atoms in total. The summed E-state index contributed by atoms with van der Waals surface area (Å²) in [6.45, 7) is 0. The molecular weight excluding hydrogens is 390 g/mol. The molecule has 0 amide bonds.